The second-order valence-electron chi connectivity index (χ2n) is 6.86. The molecule has 0 aliphatic rings. The van der Waals surface area contributed by atoms with Crippen LogP contribution in [-0.2, 0) is 30.5 Å². The number of carbonyl (C=O) groups excluding carboxylic acids is 2. The number of rotatable bonds is 11. The van der Waals surface area contributed by atoms with E-state index in [-0.39, 0.29) is 13.2 Å². The van der Waals surface area contributed by atoms with Crippen LogP contribution in [0.3, 0.4) is 0 Å². The minimum Gasteiger partial charge on any atom is -0.480 e. The highest BCUT2D eigenvalue weighted by atomic mass is 32.1. The molecule has 0 fully saturated rings. The number of benzene rings is 1. The molecule has 8 nitrogen and oxygen atoms in total. The summed E-state index contributed by atoms with van der Waals surface area (Å²) < 4.78 is 10.5. The second-order valence-corrected chi connectivity index (χ2v) is 7.42. The van der Waals surface area contributed by atoms with Gasteiger partial charge in [0.15, 0.2) is 6.04 Å². The molecule has 1 aromatic rings. The van der Waals surface area contributed by atoms with E-state index < -0.39 is 40.7 Å². The van der Waals surface area contributed by atoms with Gasteiger partial charge in [0.1, 0.15) is 10.8 Å². The summed E-state index contributed by atoms with van der Waals surface area (Å²) in [6, 6.07) is 8.00. The maximum absolute atomic E-state index is 12.5. The zero-order valence-corrected chi connectivity index (χ0v) is 17.4. The zero-order valence-electron chi connectivity index (χ0n) is 16.5. The molecule has 0 heterocycles. The topological polar surface area (TPSA) is 114 Å². The van der Waals surface area contributed by atoms with Crippen LogP contribution >= 0.6 is 12.6 Å². The number of aliphatic carboxylic acids is 1. The minimum atomic E-state index is -1.35. The van der Waals surface area contributed by atoms with Crippen molar-refractivity contribution in [2.24, 2.45) is 0 Å². The number of nitrogens with one attached hydrogen (secondary N) is 2. The first kappa shape index (κ1) is 23.9. The van der Waals surface area contributed by atoms with Gasteiger partial charge in [-0.25, -0.2) is 4.79 Å². The highest BCUT2D eigenvalue weighted by Crippen LogP contribution is 2.10. The van der Waals surface area contributed by atoms with Crippen LogP contribution in [0, 0.1) is 0 Å². The summed E-state index contributed by atoms with van der Waals surface area (Å²) in [5.74, 6) is -2.38. The van der Waals surface area contributed by atoms with Crippen LogP contribution in [-0.4, -0.2) is 59.5 Å². The molecule has 156 valence electrons. The van der Waals surface area contributed by atoms with Crippen molar-refractivity contribution >= 4 is 30.4 Å². The second kappa shape index (κ2) is 11.0. The molecular weight excluding hydrogens is 384 g/mol. The van der Waals surface area contributed by atoms with Gasteiger partial charge in [0.25, 0.3) is 0 Å². The molecule has 3 N–H and O–H groups in total. The van der Waals surface area contributed by atoms with E-state index in [2.05, 4.69) is 23.3 Å². The average molecular weight is 413 g/mol. The van der Waals surface area contributed by atoms with Crippen molar-refractivity contribution in [2.45, 2.75) is 50.3 Å². The van der Waals surface area contributed by atoms with Gasteiger partial charge in [0, 0.05) is 7.11 Å². The Bertz CT molecular complexity index is 668. The number of carboxylic acids is 1. The summed E-state index contributed by atoms with van der Waals surface area (Å²) in [4.78, 5) is 36.2. The maximum atomic E-state index is 12.5. The Balaban J connectivity index is 2.63. The lowest BCUT2D eigenvalue weighted by molar-refractivity contribution is -0.145. The number of hydrogen-bond donors (Lipinski definition) is 4. The van der Waals surface area contributed by atoms with Crippen molar-refractivity contribution in [1.82, 2.24) is 10.6 Å². The third-order valence-electron chi connectivity index (χ3n) is 4.09. The minimum absolute atomic E-state index is 0.212. The zero-order chi connectivity index (χ0) is 21.3. The summed E-state index contributed by atoms with van der Waals surface area (Å²) in [7, 11) is 1.45. The van der Waals surface area contributed by atoms with E-state index in [4.69, 9.17) is 9.47 Å². The van der Waals surface area contributed by atoms with E-state index in [1.54, 1.807) is 6.92 Å². The normalized spacial score (nSPS) is 14.6. The number of carboxylic acid groups (broad SMARTS) is 1. The molecule has 0 bridgehead atoms. The van der Waals surface area contributed by atoms with Gasteiger partial charge >= 0.3 is 5.97 Å². The fourth-order valence-electron chi connectivity index (χ4n) is 2.16. The monoisotopic (exact) mass is 412 g/mol. The van der Waals surface area contributed by atoms with Gasteiger partial charge in [-0.05, 0) is 26.3 Å². The van der Waals surface area contributed by atoms with Crippen LogP contribution < -0.4 is 10.6 Å². The summed E-state index contributed by atoms with van der Waals surface area (Å²) >= 11 is 4.18. The number of hydrogen-bond acceptors (Lipinski definition) is 6. The lowest BCUT2D eigenvalue weighted by Crippen LogP contribution is -2.60. The van der Waals surface area contributed by atoms with Crippen LogP contribution in [0.2, 0.25) is 0 Å². The van der Waals surface area contributed by atoms with Crippen molar-refractivity contribution in [1.29, 1.82) is 0 Å². The third kappa shape index (κ3) is 7.49. The lowest BCUT2D eigenvalue weighted by Gasteiger charge is -2.29. The summed E-state index contributed by atoms with van der Waals surface area (Å²) in [6.07, 6.45) is -0.458. The first-order valence-corrected chi connectivity index (χ1v) is 9.28. The molecule has 0 saturated carbocycles. The third-order valence-corrected chi connectivity index (χ3v) is 4.74. The SMILES string of the molecule is CO[C@@H](C)[C@H](S)C(=O)NC(C)(C)C(=O)N[C@@H](COCc1ccccc1)C(=O)O. The number of ether oxygens (including phenoxy) is 2. The highest BCUT2D eigenvalue weighted by molar-refractivity contribution is 7.81. The van der Waals surface area contributed by atoms with Crippen molar-refractivity contribution < 1.29 is 29.0 Å². The predicted molar refractivity (Wildman–Crippen MR) is 107 cm³/mol. The number of thiol groups is 1. The van der Waals surface area contributed by atoms with E-state index >= 15 is 0 Å². The number of amides is 2. The molecule has 0 aromatic heterocycles. The van der Waals surface area contributed by atoms with E-state index in [0.29, 0.717) is 0 Å². The van der Waals surface area contributed by atoms with Crippen LogP contribution in [0.5, 0.6) is 0 Å². The van der Waals surface area contributed by atoms with Crippen molar-refractivity contribution in [3.05, 3.63) is 35.9 Å². The van der Waals surface area contributed by atoms with Crippen LogP contribution in [0.4, 0.5) is 0 Å². The summed E-state index contributed by atoms with van der Waals surface area (Å²) in [6.45, 7) is 4.63. The van der Waals surface area contributed by atoms with Crippen LogP contribution in [0.15, 0.2) is 30.3 Å². The molecule has 28 heavy (non-hydrogen) atoms. The van der Waals surface area contributed by atoms with Gasteiger partial charge in [0.2, 0.25) is 11.8 Å². The molecule has 1 rings (SSSR count). The van der Waals surface area contributed by atoms with Crippen molar-refractivity contribution in [3.8, 4) is 0 Å². The molecule has 2 amide bonds. The van der Waals surface area contributed by atoms with Gasteiger partial charge in [-0.3, -0.25) is 9.59 Å². The van der Waals surface area contributed by atoms with E-state index in [9.17, 15) is 19.5 Å². The predicted octanol–water partition coefficient (Wildman–Crippen LogP) is 1.00. The van der Waals surface area contributed by atoms with Gasteiger partial charge < -0.3 is 25.2 Å². The van der Waals surface area contributed by atoms with Gasteiger partial charge in [-0.2, -0.15) is 12.6 Å². The molecule has 3 atom stereocenters. The summed E-state index contributed by atoms with van der Waals surface area (Å²) in [5, 5.41) is 13.5. The van der Waals surface area contributed by atoms with E-state index in [1.165, 1.54) is 21.0 Å². The quantitative estimate of drug-likeness (QED) is 0.403. The Morgan fingerprint density at radius 2 is 1.82 bits per heavy atom. The Morgan fingerprint density at radius 3 is 2.36 bits per heavy atom. The Labute approximate surface area is 170 Å². The van der Waals surface area contributed by atoms with Gasteiger partial charge in [0.05, 0.1) is 19.3 Å². The molecule has 9 heteroatoms. The molecule has 0 aliphatic carbocycles. The Hall–Kier alpha value is -2.10. The van der Waals surface area contributed by atoms with Crippen molar-refractivity contribution in [2.75, 3.05) is 13.7 Å². The van der Waals surface area contributed by atoms with Crippen LogP contribution in [0.25, 0.3) is 0 Å². The fraction of sp³-hybridized carbons (Fsp3) is 0.526. The Morgan fingerprint density at radius 1 is 1.21 bits per heavy atom. The molecule has 0 saturated heterocycles. The van der Waals surface area contributed by atoms with E-state index in [0.717, 1.165) is 5.56 Å². The molecule has 0 spiro atoms. The van der Waals surface area contributed by atoms with Crippen molar-refractivity contribution in [3.63, 3.8) is 0 Å². The lowest BCUT2D eigenvalue weighted by atomic mass is 10.0. The van der Waals surface area contributed by atoms with E-state index in [1.807, 2.05) is 30.3 Å². The first-order valence-electron chi connectivity index (χ1n) is 8.76. The smallest absolute Gasteiger partial charge is 0.328 e. The number of carbonyl (C=O) groups is 3. The van der Waals surface area contributed by atoms with Crippen LogP contribution in [0.1, 0.15) is 26.3 Å². The largest absolute Gasteiger partial charge is 0.480 e. The number of methoxy groups -OCH3 is 1. The molecular formula is C19H28N2O6S. The molecule has 0 aliphatic heterocycles. The fourth-order valence-corrected chi connectivity index (χ4v) is 2.35. The average Bonchev–Trinajstić information content (AvgIpc) is 2.66. The molecule has 1 aromatic carbocycles. The summed E-state index contributed by atoms with van der Waals surface area (Å²) in [5.41, 5.74) is -0.462. The molecule has 0 unspecified atom stereocenters. The van der Waals surface area contributed by atoms with Gasteiger partial charge in [-0.1, -0.05) is 30.3 Å². The van der Waals surface area contributed by atoms with Gasteiger partial charge in [-0.15, -0.1) is 0 Å². The maximum Gasteiger partial charge on any atom is 0.328 e. The molecule has 0 radical (unpaired) electrons. The standard InChI is InChI=1S/C19H28N2O6S/c1-12(26-4)15(28)16(22)21-19(2,3)18(25)20-14(17(23)24)11-27-10-13-8-6-5-7-9-13/h5-9,12,14-15,28H,10-11H2,1-4H3,(H,20,25)(H,21,22)(H,23,24)/t12-,14-,15-/m0/s1. The Kier molecular flexibility index (Phi) is 9.44. The highest BCUT2D eigenvalue weighted by Gasteiger charge is 2.35. The first-order chi connectivity index (χ1) is 13.1.